The van der Waals surface area contributed by atoms with E-state index in [9.17, 15) is 0 Å². The predicted octanol–water partition coefficient (Wildman–Crippen LogP) is 0.437. The van der Waals surface area contributed by atoms with Crippen LogP contribution in [0.5, 0.6) is 0 Å². The SMILES string of the molecule is CCCN1CCC2(CC1)CN(N)CCO2. The van der Waals surface area contributed by atoms with Gasteiger partial charge in [0.25, 0.3) is 0 Å². The molecule has 2 aliphatic rings. The zero-order valence-electron chi connectivity index (χ0n) is 9.74. The van der Waals surface area contributed by atoms with Crippen LogP contribution >= 0.6 is 0 Å². The average Bonchev–Trinajstić information content (AvgIpc) is 2.22. The maximum Gasteiger partial charge on any atom is 0.0847 e. The number of hydrazine groups is 1. The van der Waals surface area contributed by atoms with Crippen molar-refractivity contribution < 1.29 is 4.74 Å². The predicted molar refractivity (Wildman–Crippen MR) is 60.4 cm³/mol. The number of nitrogens with two attached hydrogens (primary N) is 1. The van der Waals surface area contributed by atoms with Crippen LogP contribution in [0.15, 0.2) is 0 Å². The van der Waals surface area contributed by atoms with Crippen molar-refractivity contribution in [2.75, 3.05) is 39.3 Å². The van der Waals surface area contributed by atoms with E-state index in [0.717, 1.165) is 32.5 Å². The van der Waals surface area contributed by atoms with Crippen molar-refractivity contribution >= 4 is 0 Å². The van der Waals surface area contributed by atoms with Crippen LogP contribution in [-0.2, 0) is 4.74 Å². The Morgan fingerprint density at radius 2 is 2.00 bits per heavy atom. The van der Waals surface area contributed by atoms with E-state index in [1.165, 1.54) is 26.1 Å². The van der Waals surface area contributed by atoms with Crippen molar-refractivity contribution in [3.05, 3.63) is 0 Å². The number of rotatable bonds is 2. The Bertz CT molecular complexity index is 202. The zero-order valence-corrected chi connectivity index (χ0v) is 9.74. The molecule has 2 fully saturated rings. The lowest BCUT2D eigenvalue weighted by Crippen LogP contribution is -2.58. The first-order valence-electron chi connectivity index (χ1n) is 6.10. The van der Waals surface area contributed by atoms with Gasteiger partial charge in [0.15, 0.2) is 0 Å². The minimum atomic E-state index is 0.0667. The van der Waals surface area contributed by atoms with Crippen molar-refractivity contribution in [1.29, 1.82) is 0 Å². The molecule has 0 aliphatic carbocycles. The second kappa shape index (κ2) is 4.78. The molecule has 0 amide bonds. The third-order valence-electron chi connectivity index (χ3n) is 3.59. The Morgan fingerprint density at radius 1 is 1.27 bits per heavy atom. The summed E-state index contributed by atoms with van der Waals surface area (Å²) >= 11 is 0. The van der Waals surface area contributed by atoms with Gasteiger partial charge in [0, 0.05) is 26.2 Å². The molecule has 2 aliphatic heterocycles. The number of ether oxygens (including phenoxy) is 1. The molecule has 2 N–H and O–H groups in total. The Balaban J connectivity index is 1.85. The van der Waals surface area contributed by atoms with Gasteiger partial charge in [0.2, 0.25) is 0 Å². The van der Waals surface area contributed by atoms with E-state index in [4.69, 9.17) is 10.6 Å². The third kappa shape index (κ3) is 2.69. The number of hydrogen-bond donors (Lipinski definition) is 1. The topological polar surface area (TPSA) is 41.7 Å². The van der Waals surface area contributed by atoms with Crippen molar-refractivity contribution in [2.45, 2.75) is 31.8 Å². The highest BCUT2D eigenvalue weighted by Gasteiger charge is 2.38. The Morgan fingerprint density at radius 3 is 2.60 bits per heavy atom. The van der Waals surface area contributed by atoms with Gasteiger partial charge in [0.1, 0.15) is 0 Å². The molecule has 0 aromatic rings. The molecule has 0 atom stereocenters. The fourth-order valence-electron chi connectivity index (χ4n) is 2.68. The summed E-state index contributed by atoms with van der Waals surface area (Å²) < 4.78 is 5.95. The minimum Gasteiger partial charge on any atom is -0.372 e. The van der Waals surface area contributed by atoms with Crippen LogP contribution in [-0.4, -0.2) is 54.8 Å². The van der Waals surface area contributed by atoms with Gasteiger partial charge in [-0.1, -0.05) is 6.92 Å². The zero-order chi connectivity index (χ0) is 10.7. The van der Waals surface area contributed by atoms with Gasteiger partial charge in [-0.2, -0.15) is 0 Å². The van der Waals surface area contributed by atoms with Gasteiger partial charge in [-0.15, -0.1) is 0 Å². The Kier molecular flexibility index (Phi) is 3.61. The number of nitrogens with zero attached hydrogens (tertiary/aromatic N) is 2. The third-order valence-corrected chi connectivity index (χ3v) is 3.59. The van der Waals surface area contributed by atoms with Gasteiger partial charge in [0.05, 0.1) is 12.2 Å². The first kappa shape index (κ1) is 11.3. The van der Waals surface area contributed by atoms with Crippen LogP contribution in [0.3, 0.4) is 0 Å². The van der Waals surface area contributed by atoms with Crippen molar-refractivity contribution in [3.8, 4) is 0 Å². The van der Waals surface area contributed by atoms with Crippen LogP contribution in [0.1, 0.15) is 26.2 Å². The largest absolute Gasteiger partial charge is 0.372 e. The minimum absolute atomic E-state index is 0.0667. The second-order valence-electron chi connectivity index (χ2n) is 4.84. The van der Waals surface area contributed by atoms with E-state index in [-0.39, 0.29) is 5.60 Å². The van der Waals surface area contributed by atoms with E-state index in [0.29, 0.717) is 0 Å². The quantitative estimate of drug-likeness (QED) is 0.676. The first-order valence-corrected chi connectivity index (χ1v) is 6.10. The van der Waals surface area contributed by atoms with Crippen LogP contribution in [0.25, 0.3) is 0 Å². The van der Waals surface area contributed by atoms with Crippen LogP contribution in [0.2, 0.25) is 0 Å². The highest BCUT2D eigenvalue weighted by Crippen LogP contribution is 2.29. The summed E-state index contributed by atoms with van der Waals surface area (Å²) in [6, 6.07) is 0. The normalized spacial score (nSPS) is 28.4. The summed E-state index contributed by atoms with van der Waals surface area (Å²) in [4.78, 5) is 2.53. The lowest BCUT2D eigenvalue weighted by molar-refractivity contribution is -0.136. The van der Waals surface area contributed by atoms with Gasteiger partial charge in [-0.3, -0.25) is 5.84 Å². The van der Waals surface area contributed by atoms with Crippen LogP contribution in [0.4, 0.5) is 0 Å². The van der Waals surface area contributed by atoms with E-state index >= 15 is 0 Å². The summed E-state index contributed by atoms with van der Waals surface area (Å²) in [6.07, 6.45) is 3.53. The lowest BCUT2D eigenvalue weighted by atomic mass is 9.90. The van der Waals surface area contributed by atoms with E-state index < -0.39 is 0 Å². The fourth-order valence-corrected chi connectivity index (χ4v) is 2.68. The number of hydrogen-bond acceptors (Lipinski definition) is 4. The highest BCUT2D eigenvalue weighted by molar-refractivity contribution is 4.91. The summed E-state index contributed by atoms with van der Waals surface area (Å²) in [5.41, 5.74) is 0.0667. The molecule has 2 saturated heterocycles. The maximum absolute atomic E-state index is 5.95. The molecule has 2 rings (SSSR count). The van der Waals surface area contributed by atoms with Crippen molar-refractivity contribution in [1.82, 2.24) is 9.91 Å². The Hall–Kier alpha value is -0.160. The first-order chi connectivity index (χ1) is 7.24. The smallest absolute Gasteiger partial charge is 0.0847 e. The van der Waals surface area contributed by atoms with Crippen molar-refractivity contribution in [2.24, 2.45) is 5.84 Å². The number of morpholine rings is 1. The number of piperidine rings is 1. The molecule has 2 heterocycles. The molecule has 0 aromatic heterocycles. The van der Waals surface area contributed by atoms with Gasteiger partial charge < -0.3 is 9.64 Å². The van der Waals surface area contributed by atoms with Crippen molar-refractivity contribution in [3.63, 3.8) is 0 Å². The van der Waals surface area contributed by atoms with E-state index in [1.807, 2.05) is 5.01 Å². The molecule has 15 heavy (non-hydrogen) atoms. The average molecular weight is 213 g/mol. The molecule has 4 nitrogen and oxygen atoms in total. The summed E-state index contributed by atoms with van der Waals surface area (Å²) in [6.45, 7) is 8.38. The summed E-state index contributed by atoms with van der Waals surface area (Å²) in [7, 11) is 0. The molecule has 0 unspecified atom stereocenters. The highest BCUT2D eigenvalue weighted by atomic mass is 16.5. The molecule has 0 aromatic carbocycles. The molecule has 0 bridgehead atoms. The van der Waals surface area contributed by atoms with E-state index in [2.05, 4.69) is 11.8 Å². The molecule has 0 saturated carbocycles. The molecule has 88 valence electrons. The molecule has 1 spiro atoms. The van der Waals surface area contributed by atoms with Crippen LogP contribution in [0, 0.1) is 0 Å². The monoisotopic (exact) mass is 213 g/mol. The van der Waals surface area contributed by atoms with Gasteiger partial charge >= 0.3 is 0 Å². The van der Waals surface area contributed by atoms with Gasteiger partial charge in [-0.25, -0.2) is 5.01 Å². The summed E-state index contributed by atoms with van der Waals surface area (Å²) in [5, 5.41) is 1.92. The second-order valence-corrected chi connectivity index (χ2v) is 4.84. The molecule has 0 radical (unpaired) electrons. The number of likely N-dealkylation sites (tertiary alicyclic amines) is 1. The lowest BCUT2D eigenvalue weighted by Gasteiger charge is -2.46. The maximum atomic E-state index is 5.95. The Labute approximate surface area is 92.3 Å². The van der Waals surface area contributed by atoms with E-state index in [1.54, 1.807) is 0 Å². The molecular weight excluding hydrogens is 190 g/mol. The summed E-state index contributed by atoms with van der Waals surface area (Å²) in [5.74, 6) is 5.87. The fraction of sp³-hybridized carbons (Fsp3) is 1.00. The molecular formula is C11H23N3O. The van der Waals surface area contributed by atoms with Crippen LogP contribution < -0.4 is 5.84 Å². The van der Waals surface area contributed by atoms with Gasteiger partial charge in [-0.05, 0) is 25.8 Å². The molecule has 4 heteroatoms. The standard InChI is InChI=1S/C11H23N3O/c1-2-5-13-6-3-11(4-7-13)10-14(12)8-9-15-11/h2-10,12H2,1H3.